The van der Waals surface area contributed by atoms with Crippen LogP contribution < -0.4 is 11.1 Å². The fourth-order valence-corrected chi connectivity index (χ4v) is 2.04. The first kappa shape index (κ1) is 13.0. The summed E-state index contributed by atoms with van der Waals surface area (Å²) in [5.41, 5.74) is 5.37. The number of carbonyl (C=O) groups is 2. The molecular weight excluding hydrogens is 230 g/mol. The van der Waals surface area contributed by atoms with Gasteiger partial charge < -0.3 is 15.8 Å². The Bertz CT molecular complexity index is 306. The Morgan fingerprint density at radius 2 is 2.44 bits per heavy atom. The van der Waals surface area contributed by atoms with Gasteiger partial charge in [0.1, 0.15) is 5.25 Å². The molecular formula is C9H15N3O3S. The van der Waals surface area contributed by atoms with Crippen molar-refractivity contribution >= 4 is 28.7 Å². The summed E-state index contributed by atoms with van der Waals surface area (Å²) in [6, 6.07) is 0. The van der Waals surface area contributed by atoms with Gasteiger partial charge in [0.25, 0.3) is 5.91 Å². The van der Waals surface area contributed by atoms with E-state index in [0.29, 0.717) is 13.2 Å². The molecule has 0 saturated heterocycles. The maximum Gasteiger partial charge on any atom is 0.262 e. The molecule has 0 bridgehead atoms. The normalized spacial score (nSPS) is 19.7. The summed E-state index contributed by atoms with van der Waals surface area (Å²) in [6.45, 7) is 1.15. The highest BCUT2D eigenvalue weighted by Gasteiger charge is 2.28. The van der Waals surface area contributed by atoms with Crippen molar-refractivity contribution in [3.63, 3.8) is 0 Å². The average molecular weight is 245 g/mol. The highest BCUT2D eigenvalue weighted by molar-refractivity contribution is 8.15. The SMILES string of the molecule is COCCCNC(=O)C[C@@H]1SC(N)=NC1=O. The van der Waals surface area contributed by atoms with Gasteiger partial charge in [-0.2, -0.15) is 4.99 Å². The van der Waals surface area contributed by atoms with Crippen LogP contribution in [0.2, 0.25) is 0 Å². The summed E-state index contributed by atoms with van der Waals surface area (Å²) in [4.78, 5) is 26.2. The first-order chi connectivity index (χ1) is 7.63. The molecule has 0 fully saturated rings. The molecule has 1 atom stereocenters. The molecule has 0 spiro atoms. The van der Waals surface area contributed by atoms with E-state index >= 15 is 0 Å². The molecule has 1 aliphatic rings. The minimum absolute atomic E-state index is 0.126. The highest BCUT2D eigenvalue weighted by atomic mass is 32.2. The molecule has 0 aliphatic carbocycles. The number of amidine groups is 1. The van der Waals surface area contributed by atoms with Crippen LogP contribution in [0.15, 0.2) is 4.99 Å². The van der Waals surface area contributed by atoms with Crippen molar-refractivity contribution in [1.82, 2.24) is 5.32 Å². The third kappa shape index (κ3) is 4.19. The van der Waals surface area contributed by atoms with E-state index in [4.69, 9.17) is 10.5 Å². The van der Waals surface area contributed by atoms with Gasteiger partial charge in [-0.3, -0.25) is 9.59 Å². The summed E-state index contributed by atoms with van der Waals surface area (Å²) in [5.74, 6) is -0.485. The number of carbonyl (C=O) groups excluding carboxylic acids is 2. The number of thioether (sulfide) groups is 1. The van der Waals surface area contributed by atoms with Crippen LogP contribution in [0.5, 0.6) is 0 Å². The average Bonchev–Trinajstić information content (AvgIpc) is 2.52. The molecule has 0 aromatic carbocycles. The Labute approximate surface area is 98.0 Å². The smallest absolute Gasteiger partial charge is 0.262 e. The summed E-state index contributed by atoms with van der Waals surface area (Å²) < 4.78 is 4.84. The molecule has 90 valence electrons. The minimum Gasteiger partial charge on any atom is -0.385 e. The lowest BCUT2D eigenvalue weighted by molar-refractivity contribution is -0.124. The zero-order valence-electron chi connectivity index (χ0n) is 9.06. The lowest BCUT2D eigenvalue weighted by atomic mass is 10.2. The number of ether oxygens (including phenoxy) is 1. The van der Waals surface area contributed by atoms with E-state index in [2.05, 4.69) is 10.3 Å². The molecule has 0 aromatic heterocycles. The van der Waals surface area contributed by atoms with Gasteiger partial charge in [-0.15, -0.1) is 0 Å². The molecule has 0 unspecified atom stereocenters. The number of aliphatic imine (C=N–C) groups is 1. The van der Waals surface area contributed by atoms with Crippen LogP contribution in [-0.2, 0) is 14.3 Å². The third-order valence-corrected chi connectivity index (χ3v) is 2.96. The van der Waals surface area contributed by atoms with Crippen LogP contribution in [0, 0.1) is 0 Å². The van der Waals surface area contributed by atoms with E-state index in [1.165, 1.54) is 0 Å². The second-order valence-electron chi connectivity index (χ2n) is 3.30. The number of amides is 2. The highest BCUT2D eigenvalue weighted by Crippen LogP contribution is 2.22. The molecule has 0 saturated carbocycles. The zero-order chi connectivity index (χ0) is 12.0. The Hall–Kier alpha value is -1.08. The van der Waals surface area contributed by atoms with Gasteiger partial charge in [-0.25, -0.2) is 0 Å². The number of rotatable bonds is 6. The first-order valence-electron chi connectivity index (χ1n) is 4.93. The molecule has 6 nitrogen and oxygen atoms in total. The maximum absolute atomic E-state index is 11.4. The molecule has 3 N–H and O–H groups in total. The van der Waals surface area contributed by atoms with E-state index in [1.54, 1.807) is 7.11 Å². The second-order valence-corrected chi connectivity index (χ2v) is 4.52. The monoisotopic (exact) mass is 245 g/mol. The first-order valence-corrected chi connectivity index (χ1v) is 5.81. The third-order valence-electron chi connectivity index (χ3n) is 1.98. The van der Waals surface area contributed by atoms with Crippen molar-refractivity contribution in [3.8, 4) is 0 Å². The maximum atomic E-state index is 11.4. The zero-order valence-corrected chi connectivity index (χ0v) is 9.88. The van der Waals surface area contributed by atoms with E-state index in [0.717, 1.165) is 18.2 Å². The summed E-state index contributed by atoms with van der Waals surface area (Å²) in [7, 11) is 1.61. The number of nitrogens with zero attached hydrogens (tertiary/aromatic N) is 1. The molecule has 2 amide bonds. The summed E-state index contributed by atoms with van der Waals surface area (Å²) in [5, 5.41) is 2.49. The van der Waals surface area contributed by atoms with Crippen molar-refractivity contribution in [1.29, 1.82) is 0 Å². The number of nitrogens with one attached hydrogen (secondary N) is 1. The van der Waals surface area contributed by atoms with Crippen LogP contribution in [0.3, 0.4) is 0 Å². The summed E-state index contributed by atoms with van der Waals surface area (Å²) in [6.07, 6.45) is 0.882. The minimum atomic E-state index is -0.456. The number of hydrogen-bond donors (Lipinski definition) is 2. The molecule has 1 aliphatic heterocycles. The van der Waals surface area contributed by atoms with Gasteiger partial charge in [-0.05, 0) is 6.42 Å². The van der Waals surface area contributed by atoms with Crippen LogP contribution in [0.4, 0.5) is 0 Å². The van der Waals surface area contributed by atoms with Crippen molar-refractivity contribution in [3.05, 3.63) is 0 Å². The van der Waals surface area contributed by atoms with Crippen molar-refractivity contribution in [2.24, 2.45) is 10.7 Å². The largest absolute Gasteiger partial charge is 0.385 e. The number of methoxy groups -OCH3 is 1. The number of hydrogen-bond acceptors (Lipinski definition) is 5. The van der Waals surface area contributed by atoms with Gasteiger partial charge >= 0.3 is 0 Å². The van der Waals surface area contributed by atoms with E-state index in [-0.39, 0.29) is 23.4 Å². The standard InChI is InChI=1S/C9H15N3O3S/c1-15-4-2-3-11-7(13)5-6-8(14)12-9(10)16-6/h6H,2-5H2,1H3,(H,11,13)(H2,10,12,14)/t6-/m0/s1. The molecule has 16 heavy (non-hydrogen) atoms. The predicted molar refractivity (Wildman–Crippen MR) is 62.1 cm³/mol. The van der Waals surface area contributed by atoms with Gasteiger partial charge in [0.2, 0.25) is 5.91 Å². The van der Waals surface area contributed by atoms with E-state index < -0.39 is 5.25 Å². The number of nitrogens with two attached hydrogens (primary N) is 1. The molecule has 1 heterocycles. The Balaban J connectivity index is 2.18. The van der Waals surface area contributed by atoms with E-state index in [1.807, 2.05) is 0 Å². The lowest BCUT2D eigenvalue weighted by Crippen LogP contribution is -2.29. The van der Waals surface area contributed by atoms with Crippen LogP contribution in [-0.4, -0.2) is 42.5 Å². The van der Waals surface area contributed by atoms with Gasteiger partial charge in [0.05, 0.1) is 0 Å². The van der Waals surface area contributed by atoms with Crippen LogP contribution in [0.1, 0.15) is 12.8 Å². The molecule has 0 aromatic rings. The van der Waals surface area contributed by atoms with Crippen molar-refractivity contribution in [2.45, 2.75) is 18.1 Å². The second kappa shape index (κ2) is 6.49. The lowest BCUT2D eigenvalue weighted by Gasteiger charge is -2.07. The molecule has 1 rings (SSSR count). The van der Waals surface area contributed by atoms with Crippen molar-refractivity contribution in [2.75, 3.05) is 20.3 Å². The molecule has 0 radical (unpaired) electrons. The van der Waals surface area contributed by atoms with Gasteiger partial charge in [0, 0.05) is 26.7 Å². The Kier molecular flexibility index (Phi) is 5.27. The van der Waals surface area contributed by atoms with Crippen molar-refractivity contribution < 1.29 is 14.3 Å². The fraction of sp³-hybridized carbons (Fsp3) is 0.667. The Morgan fingerprint density at radius 3 is 3.00 bits per heavy atom. The summed E-state index contributed by atoms with van der Waals surface area (Å²) >= 11 is 1.14. The van der Waals surface area contributed by atoms with Crippen LogP contribution >= 0.6 is 11.8 Å². The quantitative estimate of drug-likeness (QED) is 0.614. The van der Waals surface area contributed by atoms with Crippen LogP contribution in [0.25, 0.3) is 0 Å². The fourth-order valence-electron chi connectivity index (χ4n) is 1.22. The molecule has 7 heteroatoms. The van der Waals surface area contributed by atoms with E-state index in [9.17, 15) is 9.59 Å². The topological polar surface area (TPSA) is 93.8 Å². The predicted octanol–water partition coefficient (Wildman–Crippen LogP) is -0.514. The van der Waals surface area contributed by atoms with Gasteiger partial charge in [-0.1, -0.05) is 11.8 Å². The van der Waals surface area contributed by atoms with Gasteiger partial charge in [0.15, 0.2) is 5.17 Å². The Morgan fingerprint density at radius 1 is 1.69 bits per heavy atom.